The molecule has 2 heterocycles. The average molecular weight is 268 g/mol. The molecule has 102 valence electrons. The van der Waals surface area contributed by atoms with Crippen molar-refractivity contribution in [1.29, 1.82) is 0 Å². The summed E-state index contributed by atoms with van der Waals surface area (Å²) in [6.45, 7) is 2.33. The summed E-state index contributed by atoms with van der Waals surface area (Å²) < 4.78 is 1.73. The van der Waals surface area contributed by atoms with E-state index in [1.165, 1.54) is 0 Å². The van der Waals surface area contributed by atoms with Gasteiger partial charge in [0.1, 0.15) is 11.4 Å². The first-order valence-electron chi connectivity index (χ1n) is 6.53. The zero-order chi connectivity index (χ0) is 14.4. The van der Waals surface area contributed by atoms with E-state index in [-0.39, 0.29) is 5.56 Å². The van der Waals surface area contributed by atoms with Crippen LogP contribution >= 0.6 is 0 Å². The lowest BCUT2D eigenvalue weighted by Gasteiger charge is -2.10. The number of rotatable bonds is 5. The van der Waals surface area contributed by atoms with Crippen molar-refractivity contribution < 1.29 is 0 Å². The van der Waals surface area contributed by atoms with E-state index in [1.807, 2.05) is 18.2 Å². The van der Waals surface area contributed by atoms with Crippen LogP contribution < -0.4 is 5.56 Å². The fourth-order valence-corrected chi connectivity index (χ4v) is 1.84. The molecule has 0 aliphatic heterocycles. The third kappa shape index (κ3) is 3.29. The molecule has 0 aliphatic rings. The number of hydrogen-bond donors (Lipinski definition) is 0. The molecule has 2 aromatic rings. The largest absolute Gasteiger partial charge is 0.294 e. The molecule has 0 saturated heterocycles. The SMILES string of the molecule is C#CCCCCn1nc(C)c(=O)nc1-c1ccccn1. The lowest BCUT2D eigenvalue weighted by molar-refractivity contribution is 0.538. The number of nitrogens with zero attached hydrogens (tertiary/aromatic N) is 4. The van der Waals surface area contributed by atoms with Crippen LogP contribution in [0.2, 0.25) is 0 Å². The van der Waals surface area contributed by atoms with E-state index >= 15 is 0 Å². The Morgan fingerprint density at radius 2 is 2.20 bits per heavy atom. The minimum absolute atomic E-state index is 0.314. The van der Waals surface area contributed by atoms with Crippen molar-refractivity contribution in [3.05, 3.63) is 40.4 Å². The highest BCUT2D eigenvalue weighted by molar-refractivity contribution is 5.48. The molecular formula is C15H16N4O. The van der Waals surface area contributed by atoms with Crippen molar-refractivity contribution in [3.63, 3.8) is 0 Å². The smallest absolute Gasteiger partial charge is 0.265 e. The highest BCUT2D eigenvalue weighted by atomic mass is 16.1. The molecule has 0 unspecified atom stereocenters. The lowest BCUT2D eigenvalue weighted by atomic mass is 10.2. The van der Waals surface area contributed by atoms with Crippen molar-refractivity contribution in [2.24, 2.45) is 0 Å². The van der Waals surface area contributed by atoms with Crippen molar-refractivity contribution in [2.75, 3.05) is 0 Å². The summed E-state index contributed by atoms with van der Waals surface area (Å²) in [5, 5.41) is 4.30. The lowest BCUT2D eigenvalue weighted by Crippen LogP contribution is -2.21. The summed E-state index contributed by atoms with van der Waals surface area (Å²) in [6, 6.07) is 5.49. The van der Waals surface area contributed by atoms with Crippen LogP contribution in [-0.4, -0.2) is 19.7 Å². The van der Waals surface area contributed by atoms with Crippen molar-refractivity contribution in [3.8, 4) is 23.9 Å². The minimum atomic E-state index is -0.314. The molecule has 0 bridgehead atoms. The summed E-state index contributed by atoms with van der Waals surface area (Å²) in [5.41, 5.74) is 0.723. The first kappa shape index (κ1) is 13.9. The predicted molar refractivity (Wildman–Crippen MR) is 76.9 cm³/mol. The van der Waals surface area contributed by atoms with E-state index in [2.05, 4.69) is 21.0 Å². The second-order valence-corrected chi connectivity index (χ2v) is 4.43. The molecule has 0 radical (unpaired) electrons. The van der Waals surface area contributed by atoms with Gasteiger partial charge in [-0.25, -0.2) is 4.68 Å². The van der Waals surface area contributed by atoms with E-state index in [0.717, 1.165) is 19.3 Å². The molecule has 0 atom stereocenters. The topological polar surface area (TPSA) is 60.7 Å². The average Bonchev–Trinajstić information content (AvgIpc) is 2.48. The van der Waals surface area contributed by atoms with Crippen LogP contribution in [0.1, 0.15) is 25.0 Å². The molecule has 0 aliphatic carbocycles. The van der Waals surface area contributed by atoms with Gasteiger partial charge < -0.3 is 0 Å². The number of hydrogen-bond acceptors (Lipinski definition) is 4. The third-order valence-electron chi connectivity index (χ3n) is 2.87. The second kappa shape index (κ2) is 6.62. The molecule has 5 nitrogen and oxygen atoms in total. The fraction of sp³-hybridized carbons (Fsp3) is 0.333. The zero-order valence-electron chi connectivity index (χ0n) is 11.4. The van der Waals surface area contributed by atoms with E-state index in [4.69, 9.17) is 6.42 Å². The van der Waals surface area contributed by atoms with Crippen LogP contribution in [0.25, 0.3) is 11.5 Å². The quantitative estimate of drug-likeness (QED) is 0.613. The van der Waals surface area contributed by atoms with Crippen molar-refractivity contribution in [2.45, 2.75) is 32.7 Å². The molecule has 2 rings (SSSR count). The van der Waals surface area contributed by atoms with Crippen LogP contribution in [0.5, 0.6) is 0 Å². The van der Waals surface area contributed by atoms with Gasteiger partial charge >= 0.3 is 0 Å². The molecule has 2 aromatic heterocycles. The minimum Gasteiger partial charge on any atom is -0.265 e. The maximum atomic E-state index is 11.7. The molecule has 0 N–H and O–H groups in total. The molecule has 0 aromatic carbocycles. The van der Waals surface area contributed by atoms with Crippen molar-refractivity contribution in [1.82, 2.24) is 19.7 Å². The standard InChI is InChI=1S/C15H16N4O/c1-3-4-5-8-11-19-14(13-9-6-7-10-16-13)17-15(20)12(2)18-19/h1,6-7,9-10H,4-5,8,11H2,2H3. The first-order valence-corrected chi connectivity index (χ1v) is 6.53. The van der Waals surface area contributed by atoms with Gasteiger partial charge in [0.2, 0.25) is 0 Å². The summed E-state index contributed by atoms with van der Waals surface area (Å²) in [5.74, 6) is 3.11. The summed E-state index contributed by atoms with van der Waals surface area (Å²) in [4.78, 5) is 20.0. The van der Waals surface area contributed by atoms with E-state index in [0.29, 0.717) is 23.8 Å². The van der Waals surface area contributed by atoms with Gasteiger partial charge in [0.05, 0.1) is 0 Å². The van der Waals surface area contributed by atoms with Gasteiger partial charge in [-0.3, -0.25) is 9.78 Å². The summed E-state index contributed by atoms with van der Waals surface area (Å²) >= 11 is 0. The monoisotopic (exact) mass is 268 g/mol. The Kier molecular flexibility index (Phi) is 4.61. The van der Waals surface area contributed by atoms with Gasteiger partial charge in [-0.1, -0.05) is 6.07 Å². The van der Waals surface area contributed by atoms with Crippen LogP contribution in [-0.2, 0) is 6.54 Å². The van der Waals surface area contributed by atoms with Gasteiger partial charge in [-0.15, -0.1) is 12.3 Å². The zero-order valence-corrected chi connectivity index (χ0v) is 11.4. The van der Waals surface area contributed by atoms with Crippen LogP contribution in [0.15, 0.2) is 29.2 Å². The Hall–Kier alpha value is -2.48. The third-order valence-corrected chi connectivity index (χ3v) is 2.87. The van der Waals surface area contributed by atoms with Crippen molar-refractivity contribution >= 4 is 0 Å². The number of unbranched alkanes of at least 4 members (excludes halogenated alkanes) is 2. The number of aromatic nitrogens is 4. The fourth-order valence-electron chi connectivity index (χ4n) is 1.84. The van der Waals surface area contributed by atoms with Crippen LogP contribution in [0.3, 0.4) is 0 Å². The molecule has 0 fully saturated rings. The molecule has 20 heavy (non-hydrogen) atoms. The van der Waals surface area contributed by atoms with E-state index < -0.39 is 0 Å². The highest BCUT2D eigenvalue weighted by Crippen LogP contribution is 2.12. The Balaban J connectivity index is 2.32. The number of aryl methyl sites for hydroxylation is 2. The summed E-state index contributed by atoms with van der Waals surface area (Å²) in [6.07, 6.45) is 9.46. The number of pyridine rings is 1. The second-order valence-electron chi connectivity index (χ2n) is 4.43. The van der Waals surface area contributed by atoms with E-state index in [9.17, 15) is 4.79 Å². The molecule has 0 amide bonds. The predicted octanol–water partition coefficient (Wildman–Crippen LogP) is 1.81. The summed E-state index contributed by atoms with van der Waals surface area (Å²) in [7, 11) is 0. The maximum absolute atomic E-state index is 11.7. The Morgan fingerprint density at radius 3 is 2.90 bits per heavy atom. The van der Waals surface area contributed by atoms with Crippen LogP contribution in [0.4, 0.5) is 0 Å². The highest BCUT2D eigenvalue weighted by Gasteiger charge is 2.10. The molecule has 0 saturated carbocycles. The molecular weight excluding hydrogens is 252 g/mol. The Bertz CT molecular complexity index is 671. The van der Waals surface area contributed by atoms with E-state index in [1.54, 1.807) is 17.8 Å². The van der Waals surface area contributed by atoms with Gasteiger partial charge in [-0.2, -0.15) is 10.1 Å². The van der Waals surface area contributed by atoms with Gasteiger partial charge in [-0.05, 0) is 31.9 Å². The molecule has 5 heteroatoms. The van der Waals surface area contributed by atoms with Gasteiger partial charge in [0.15, 0.2) is 5.82 Å². The first-order chi connectivity index (χ1) is 9.72. The van der Waals surface area contributed by atoms with Gasteiger partial charge in [0.25, 0.3) is 5.56 Å². The number of terminal acetylenes is 1. The van der Waals surface area contributed by atoms with Crippen LogP contribution in [0, 0.1) is 19.3 Å². The normalized spacial score (nSPS) is 10.2. The molecule has 0 spiro atoms. The Labute approximate surface area is 117 Å². The van der Waals surface area contributed by atoms with Gasteiger partial charge in [0, 0.05) is 19.2 Å². The Morgan fingerprint density at radius 1 is 1.35 bits per heavy atom. The maximum Gasteiger partial charge on any atom is 0.294 e.